The minimum absolute atomic E-state index is 0.419. The topological polar surface area (TPSA) is 106 Å². The molecule has 4 aromatic heterocycles. The maximum Gasteiger partial charge on any atom is 0.134 e. The number of hydrogen-bond acceptors (Lipinski definition) is 8. The summed E-state index contributed by atoms with van der Waals surface area (Å²) in [5, 5.41) is 22.2. The molecule has 3 N–H and O–H groups in total. The van der Waals surface area contributed by atoms with Crippen LogP contribution in [0, 0.1) is 6.92 Å². The van der Waals surface area contributed by atoms with Crippen molar-refractivity contribution in [2.75, 3.05) is 10.0 Å². The summed E-state index contributed by atoms with van der Waals surface area (Å²) in [5.74, 6) is 0.738. The molecular weight excluding hydrogens is 520 g/mol. The highest BCUT2D eigenvalue weighted by Gasteiger charge is 2.18. The molecule has 0 saturated heterocycles. The van der Waals surface area contributed by atoms with E-state index in [0.717, 1.165) is 60.7 Å². The number of nitrogens with one attached hydrogen (secondary N) is 2. The molecule has 0 fully saturated rings. The van der Waals surface area contributed by atoms with Crippen LogP contribution in [0.1, 0.15) is 19.4 Å². The maximum absolute atomic E-state index is 10.3. The van der Waals surface area contributed by atoms with Crippen LogP contribution in [-0.4, -0.2) is 40.0 Å². The number of imidazole rings is 1. The third kappa shape index (κ3) is 5.36. The Hall–Kier alpha value is -4.41. The highest BCUT2D eigenvalue weighted by Crippen LogP contribution is 2.34. The zero-order chi connectivity index (χ0) is 27.9. The Morgan fingerprint density at radius 3 is 2.50 bits per heavy atom. The number of fused-ring (bicyclic) bond motifs is 2. The molecule has 2 aromatic carbocycles. The zero-order valence-corrected chi connectivity index (χ0v) is 23.6. The Kier molecular flexibility index (Phi) is 6.65. The fraction of sp³-hybridized carbons (Fsp3) is 0.200. The lowest BCUT2D eigenvalue weighted by atomic mass is 9.98. The first kappa shape index (κ1) is 25.8. The molecule has 0 aliphatic rings. The van der Waals surface area contributed by atoms with Crippen molar-refractivity contribution in [3.05, 3.63) is 85.2 Å². The summed E-state index contributed by atoms with van der Waals surface area (Å²) < 4.78 is 7.09. The minimum atomic E-state index is -0.853. The van der Waals surface area contributed by atoms with Gasteiger partial charge in [0.25, 0.3) is 0 Å². The first-order valence-electron chi connectivity index (χ1n) is 12.9. The number of hydrogen-bond donors (Lipinski definition) is 3. The molecular formula is C30H30N8OS. The summed E-state index contributed by atoms with van der Waals surface area (Å²) in [6.07, 6.45) is 9.31. The molecule has 9 nitrogen and oxygen atoms in total. The van der Waals surface area contributed by atoms with Crippen molar-refractivity contribution < 1.29 is 5.11 Å². The lowest BCUT2D eigenvalue weighted by Crippen LogP contribution is -2.26. The predicted octanol–water partition coefficient (Wildman–Crippen LogP) is 6.32. The molecule has 6 rings (SSSR count). The molecule has 0 spiro atoms. The number of rotatable bonds is 8. The van der Waals surface area contributed by atoms with Gasteiger partial charge < -0.3 is 19.7 Å². The van der Waals surface area contributed by atoms with E-state index in [4.69, 9.17) is 4.98 Å². The number of aliphatic hydroxyl groups is 1. The summed E-state index contributed by atoms with van der Waals surface area (Å²) >= 11 is 1.47. The number of pyridine rings is 2. The number of aryl methyl sites for hydroxylation is 2. The largest absolute Gasteiger partial charge is 0.389 e. The fourth-order valence-electron chi connectivity index (χ4n) is 4.71. The van der Waals surface area contributed by atoms with Crippen molar-refractivity contribution in [3.8, 4) is 11.3 Å². The van der Waals surface area contributed by atoms with Crippen LogP contribution in [0.15, 0.2) is 84.7 Å². The molecule has 0 amide bonds. The lowest BCUT2D eigenvalue weighted by Gasteiger charge is -2.18. The Labute approximate surface area is 236 Å². The maximum atomic E-state index is 10.3. The Morgan fingerprint density at radius 2 is 1.75 bits per heavy atom. The molecule has 0 aliphatic heterocycles. The first-order valence-corrected chi connectivity index (χ1v) is 13.8. The van der Waals surface area contributed by atoms with Gasteiger partial charge >= 0.3 is 0 Å². The Morgan fingerprint density at radius 1 is 0.950 bits per heavy atom. The van der Waals surface area contributed by atoms with Gasteiger partial charge in [-0.2, -0.15) is 5.10 Å². The van der Waals surface area contributed by atoms with Crippen LogP contribution in [0.2, 0.25) is 0 Å². The average molecular weight is 551 g/mol. The molecule has 0 aliphatic carbocycles. The van der Waals surface area contributed by atoms with Gasteiger partial charge in [-0.1, -0.05) is 6.07 Å². The van der Waals surface area contributed by atoms with Crippen LogP contribution < -0.4 is 10.0 Å². The van der Waals surface area contributed by atoms with Crippen LogP contribution in [0.3, 0.4) is 0 Å². The zero-order valence-electron chi connectivity index (χ0n) is 22.8. The Balaban J connectivity index is 1.26. The lowest BCUT2D eigenvalue weighted by molar-refractivity contribution is 0.0591. The predicted molar refractivity (Wildman–Crippen MR) is 162 cm³/mol. The van der Waals surface area contributed by atoms with Crippen molar-refractivity contribution in [2.24, 2.45) is 7.05 Å². The molecule has 0 saturated carbocycles. The van der Waals surface area contributed by atoms with Gasteiger partial charge in [0.15, 0.2) is 0 Å². The number of benzene rings is 2. The van der Waals surface area contributed by atoms with E-state index in [9.17, 15) is 5.11 Å². The van der Waals surface area contributed by atoms with E-state index in [2.05, 4.69) is 44.2 Å². The first-order chi connectivity index (χ1) is 19.2. The molecule has 0 unspecified atom stereocenters. The molecule has 0 radical (unpaired) electrons. The summed E-state index contributed by atoms with van der Waals surface area (Å²) in [4.78, 5) is 13.7. The number of anilines is 3. The van der Waals surface area contributed by atoms with Gasteiger partial charge in [-0.25, -0.2) is 9.97 Å². The van der Waals surface area contributed by atoms with Gasteiger partial charge in [-0.05, 0) is 68.8 Å². The van der Waals surface area contributed by atoms with Gasteiger partial charge in [0.1, 0.15) is 10.8 Å². The van der Waals surface area contributed by atoms with Gasteiger partial charge in [-0.3, -0.25) is 9.67 Å². The van der Waals surface area contributed by atoms with E-state index in [-0.39, 0.29) is 0 Å². The summed E-state index contributed by atoms with van der Waals surface area (Å²) in [6.45, 7) is 6.09. The van der Waals surface area contributed by atoms with E-state index in [1.807, 2.05) is 77.5 Å². The van der Waals surface area contributed by atoms with Crippen LogP contribution in [0.25, 0.3) is 32.9 Å². The fourth-order valence-corrected chi connectivity index (χ4v) is 5.39. The molecule has 4 heterocycles. The van der Waals surface area contributed by atoms with Gasteiger partial charge in [0.05, 0.1) is 35.9 Å². The monoisotopic (exact) mass is 550 g/mol. The van der Waals surface area contributed by atoms with Gasteiger partial charge in [-0.15, -0.1) is 0 Å². The quantitative estimate of drug-likeness (QED) is 0.189. The van der Waals surface area contributed by atoms with Crippen molar-refractivity contribution in [1.82, 2.24) is 29.3 Å². The van der Waals surface area contributed by atoms with E-state index in [1.165, 1.54) is 11.9 Å². The second-order valence-electron chi connectivity index (χ2n) is 10.5. The highest BCUT2D eigenvalue weighted by molar-refractivity contribution is 8.00. The van der Waals surface area contributed by atoms with Crippen LogP contribution in [0.5, 0.6) is 0 Å². The number of nitrogens with zero attached hydrogens (tertiary/aromatic N) is 6. The molecule has 6 aromatic rings. The summed E-state index contributed by atoms with van der Waals surface area (Å²) in [7, 11) is 1.95. The Bertz CT molecular complexity index is 1820. The summed E-state index contributed by atoms with van der Waals surface area (Å²) in [5.41, 5.74) is 5.08. The molecule has 40 heavy (non-hydrogen) atoms. The highest BCUT2D eigenvalue weighted by atomic mass is 32.2. The molecule has 10 heteroatoms. The number of aromatic nitrogens is 6. The minimum Gasteiger partial charge on any atom is -0.389 e. The van der Waals surface area contributed by atoms with Crippen molar-refractivity contribution in [2.45, 2.75) is 37.9 Å². The van der Waals surface area contributed by atoms with Gasteiger partial charge in [0.2, 0.25) is 0 Å². The van der Waals surface area contributed by atoms with E-state index < -0.39 is 5.60 Å². The van der Waals surface area contributed by atoms with E-state index in [1.54, 1.807) is 20.2 Å². The third-order valence-electron chi connectivity index (χ3n) is 6.65. The van der Waals surface area contributed by atoms with E-state index >= 15 is 0 Å². The standard InChI is InChI=1S/C30H30N8OS/c1-19-23(9-10-26-25(19)15-34-38(26)17-30(2,3)39)29-24-13-27(32-14-20(24)11-12-31-29)35-21-5-7-22(8-6-21)36-40-28-16-37(4)18-33-28/h5-16,18,36,39H,17H2,1-4H3,(H,32,35). The molecule has 202 valence electrons. The van der Waals surface area contributed by atoms with Crippen molar-refractivity contribution >= 4 is 50.8 Å². The smallest absolute Gasteiger partial charge is 0.134 e. The van der Waals surface area contributed by atoms with Crippen LogP contribution in [-0.2, 0) is 13.6 Å². The second kappa shape index (κ2) is 10.3. The average Bonchev–Trinajstić information content (AvgIpc) is 3.53. The SMILES string of the molecule is Cc1c(-c2nccc3cnc(Nc4ccc(NSc5cn(C)cn5)cc4)cc23)ccc2c1cnn2CC(C)(C)O. The summed E-state index contributed by atoms with van der Waals surface area (Å²) in [6, 6.07) is 16.2. The normalized spacial score (nSPS) is 11.8. The van der Waals surface area contributed by atoms with Crippen LogP contribution in [0.4, 0.5) is 17.2 Å². The van der Waals surface area contributed by atoms with Gasteiger partial charge in [0, 0.05) is 70.7 Å². The molecule has 0 atom stereocenters. The van der Waals surface area contributed by atoms with Crippen molar-refractivity contribution in [3.63, 3.8) is 0 Å². The van der Waals surface area contributed by atoms with Crippen LogP contribution >= 0.6 is 11.9 Å². The van der Waals surface area contributed by atoms with E-state index in [0.29, 0.717) is 6.54 Å². The third-order valence-corrected chi connectivity index (χ3v) is 7.41. The second-order valence-corrected chi connectivity index (χ2v) is 11.3. The molecule has 0 bridgehead atoms. The van der Waals surface area contributed by atoms with Crippen molar-refractivity contribution in [1.29, 1.82) is 0 Å².